The van der Waals surface area contributed by atoms with Gasteiger partial charge in [0.05, 0.1) is 5.92 Å². The van der Waals surface area contributed by atoms with Crippen molar-refractivity contribution in [2.45, 2.75) is 31.3 Å². The quantitative estimate of drug-likeness (QED) is 0.786. The lowest BCUT2D eigenvalue weighted by Gasteiger charge is -2.30. The molecule has 2 saturated heterocycles. The van der Waals surface area contributed by atoms with Crippen LogP contribution in [0.3, 0.4) is 0 Å². The van der Waals surface area contributed by atoms with Crippen molar-refractivity contribution < 1.29 is 9.53 Å². The summed E-state index contributed by atoms with van der Waals surface area (Å²) in [6, 6.07) is 20.6. The minimum Gasteiger partial charge on any atom is -0.457 e. The molecular formula is C22H25NO2. The van der Waals surface area contributed by atoms with Gasteiger partial charge in [0.25, 0.3) is 0 Å². The number of carbonyl (C=O) groups is 1. The number of hydrogen-bond donors (Lipinski definition) is 0. The lowest BCUT2D eigenvalue weighted by atomic mass is 9.81. The molecule has 0 amide bonds. The maximum Gasteiger partial charge on any atom is 0.311 e. The van der Waals surface area contributed by atoms with Gasteiger partial charge in [-0.3, -0.25) is 4.79 Å². The van der Waals surface area contributed by atoms with Crippen molar-refractivity contribution in [2.24, 2.45) is 5.92 Å². The van der Waals surface area contributed by atoms with E-state index in [-0.39, 0.29) is 23.9 Å². The van der Waals surface area contributed by atoms with Gasteiger partial charge < -0.3 is 9.64 Å². The summed E-state index contributed by atoms with van der Waals surface area (Å²) in [6.45, 7) is 3.00. The summed E-state index contributed by atoms with van der Waals surface area (Å²) in [5.41, 5.74) is 2.29. The molecule has 0 spiro atoms. The Bertz CT molecular complexity index is 694. The standard InChI is InChI=1S/C22H25NO2/c24-22-19(16-23-14-8-3-9-15-23)20(17-10-4-1-5-11-17)21(25-22)18-12-6-2-7-13-18/h1-2,4-7,10-13,19-21H,3,8-9,14-16H2/t19-,20-,21+/m1/s1. The summed E-state index contributed by atoms with van der Waals surface area (Å²) < 4.78 is 5.90. The summed E-state index contributed by atoms with van der Waals surface area (Å²) >= 11 is 0. The number of ether oxygens (including phenoxy) is 1. The second-order valence-corrected chi connectivity index (χ2v) is 7.17. The average molecular weight is 335 g/mol. The third-order valence-electron chi connectivity index (χ3n) is 5.52. The van der Waals surface area contributed by atoms with E-state index in [2.05, 4.69) is 41.3 Å². The Morgan fingerprint density at radius 2 is 1.44 bits per heavy atom. The number of carbonyl (C=O) groups excluding carboxylic acids is 1. The molecule has 0 radical (unpaired) electrons. The highest BCUT2D eigenvalue weighted by Crippen LogP contribution is 2.46. The van der Waals surface area contributed by atoms with Crippen LogP contribution >= 0.6 is 0 Å². The van der Waals surface area contributed by atoms with Crippen molar-refractivity contribution in [1.29, 1.82) is 0 Å². The minimum absolute atomic E-state index is 0.0479. The monoisotopic (exact) mass is 335 g/mol. The van der Waals surface area contributed by atoms with Crippen molar-refractivity contribution in [3.05, 3.63) is 71.8 Å². The summed E-state index contributed by atoms with van der Waals surface area (Å²) in [6.07, 6.45) is 3.59. The third-order valence-corrected chi connectivity index (χ3v) is 5.52. The second-order valence-electron chi connectivity index (χ2n) is 7.17. The average Bonchev–Trinajstić information content (AvgIpc) is 3.00. The number of nitrogens with zero attached hydrogens (tertiary/aromatic N) is 1. The van der Waals surface area contributed by atoms with E-state index in [1.54, 1.807) is 0 Å². The molecule has 2 aromatic rings. The Kier molecular flexibility index (Phi) is 4.84. The van der Waals surface area contributed by atoms with Crippen LogP contribution in [0.4, 0.5) is 0 Å². The largest absolute Gasteiger partial charge is 0.457 e. The van der Waals surface area contributed by atoms with Crippen molar-refractivity contribution in [2.75, 3.05) is 19.6 Å². The fourth-order valence-electron chi connectivity index (χ4n) is 4.25. The molecule has 0 unspecified atom stereocenters. The number of cyclic esters (lactones) is 1. The zero-order valence-corrected chi connectivity index (χ0v) is 14.5. The first-order valence-corrected chi connectivity index (χ1v) is 9.35. The Balaban J connectivity index is 1.65. The van der Waals surface area contributed by atoms with Gasteiger partial charge >= 0.3 is 5.97 Å². The van der Waals surface area contributed by atoms with Crippen LogP contribution in [-0.2, 0) is 9.53 Å². The molecule has 3 atom stereocenters. The van der Waals surface area contributed by atoms with Crippen molar-refractivity contribution in [3.8, 4) is 0 Å². The predicted octanol–water partition coefficient (Wildman–Crippen LogP) is 4.17. The fourth-order valence-corrected chi connectivity index (χ4v) is 4.25. The fraction of sp³-hybridized carbons (Fsp3) is 0.409. The highest BCUT2D eigenvalue weighted by Gasteiger charge is 2.46. The number of hydrogen-bond acceptors (Lipinski definition) is 3. The number of rotatable bonds is 4. The van der Waals surface area contributed by atoms with Crippen molar-refractivity contribution in [3.63, 3.8) is 0 Å². The number of esters is 1. The molecule has 2 aliphatic rings. The van der Waals surface area contributed by atoms with Gasteiger partial charge in [0.1, 0.15) is 6.10 Å². The molecule has 2 aliphatic heterocycles. The molecule has 0 aromatic heterocycles. The van der Waals surface area contributed by atoms with E-state index in [1.165, 1.54) is 24.8 Å². The molecule has 2 fully saturated rings. The number of likely N-dealkylation sites (tertiary alicyclic amines) is 1. The van der Waals surface area contributed by atoms with E-state index >= 15 is 0 Å². The maximum absolute atomic E-state index is 12.8. The zero-order chi connectivity index (χ0) is 17.1. The first kappa shape index (κ1) is 16.3. The number of benzene rings is 2. The smallest absolute Gasteiger partial charge is 0.311 e. The van der Waals surface area contributed by atoms with E-state index in [0.29, 0.717) is 0 Å². The van der Waals surface area contributed by atoms with Gasteiger partial charge in [0.15, 0.2) is 0 Å². The Hall–Kier alpha value is -2.13. The van der Waals surface area contributed by atoms with Crippen LogP contribution in [0.2, 0.25) is 0 Å². The van der Waals surface area contributed by atoms with Gasteiger partial charge in [-0.15, -0.1) is 0 Å². The van der Waals surface area contributed by atoms with E-state index in [1.807, 2.05) is 24.3 Å². The molecule has 2 heterocycles. The first-order valence-electron chi connectivity index (χ1n) is 9.35. The summed E-state index contributed by atoms with van der Waals surface area (Å²) in [5, 5.41) is 0. The molecule has 0 bridgehead atoms. The lowest BCUT2D eigenvalue weighted by Crippen LogP contribution is -2.37. The van der Waals surface area contributed by atoms with Crippen LogP contribution in [0, 0.1) is 5.92 Å². The number of piperidine rings is 1. The van der Waals surface area contributed by atoms with E-state index in [9.17, 15) is 4.79 Å². The highest BCUT2D eigenvalue weighted by atomic mass is 16.6. The molecule has 0 aliphatic carbocycles. The van der Waals surface area contributed by atoms with Gasteiger partial charge in [-0.1, -0.05) is 67.1 Å². The minimum atomic E-state index is -0.189. The molecule has 130 valence electrons. The molecular weight excluding hydrogens is 310 g/mol. The van der Waals surface area contributed by atoms with Crippen LogP contribution in [0.15, 0.2) is 60.7 Å². The van der Waals surface area contributed by atoms with Crippen LogP contribution in [0.1, 0.15) is 42.4 Å². The topological polar surface area (TPSA) is 29.5 Å². The molecule has 0 N–H and O–H groups in total. The van der Waals surface area contributed by atoms with Crippen molar-refractivity contribution in [1.82, 2.24) is 4.90 Å². The van der Waals surface area contributed by atoms with Crippen LogP contribution in [-0.4, -0.2) is 30.5 Å². The first-order chi connectivity index (χ1) is 12.3. The van der Waals surface area contributed by atoms with E-state index in [0.717, 1.165) is 25.2 Å². The highest BCUT2D eigenvalue weighted by molar-refractivity contribution is 5.77. The SMILES string of the molecule is O=C1O[C@@H](c2ccccc2)[C@H](c2ccccc2)[C@H]1CN1CCCCC1. The summed E-state index contributed by atoms with van der Waals surface area (Å²) in [5.74, 6) is -0.0583. The van der Waals surface area contributed by atoms with Crippen LogP contribution < -0.4 is 0 Å². The molecule has 3 heteroatoms. The van der Waals surface area contributed by atoms with Gasteiger partial charge in [-0.05, 0) is 37.1 Å². The molecule has 3 nitrogen and oxygen atoms in total. The van der Waals surface area contributed by atoms with Gasteiger partial charge in [-0.2, -0.15) is 0 Å². The summed E-state index contributed by atoms with van der Waals surface area (Å²) in [7, 11) is 0. The molecule has 2 aromatic carbocycles. The Labute approximate surface area is 149 Å². The van der Waals surface area contributed by atoms with Crippen molar-refractivity contribution >= 4 is 5.97 Å². The van der Waals surface area contributed by atoms with Gasteiger partial charge in [-0.25, -0.2) is 0 Å². The Morgan fingerprint density at radius 1 is 0.840 bits per heavy atom. The molecule has 25 heavy (non-hydrogen) atoms. The van der Waals surface area contributed by atoms with E-state index in [4.69, 9.17) is 4.74 Å². The zero-order valence-electron chi connectivity index (χ0n) is 14.5. The van der Waals surface area contributed by atoms with Crippen LogP contribution in [0.25, 0.3) is 0 Å². The predicted molar refractivity (Wildman–Crippen MR) is 98.2 cm³/mol. The second kappa shape index (κ2) is 7.40. The van der Waals surface area contributed by atoms with E-state index < -0.39 is 0 Å². The summed E-state index contributed by atoms with van der Waals surface area (Å²) in [4.78, 5) is 15.2. The van der Waals surface area contributed by atoms with Gasteiger partial charge in [0, 0.05) is 12.5 Å². The normalized spacial score (nSPS) is 27.2. The third kappa shape index (κ3) is 3.47. The van der Waals surface area contributed by atoms with Crippen LogP contribution in [0.5, 0.6) is 0 Å². The Morgan fingerprint density at radius 3 is 2.08 bits per heavy atom. The maximum atomic E-state index is 12.8. The molecule has 0 saturated carbocycles. The lowest BCUT2D eigenvalue weighted by molar-refractivity contribution is -0.145. The van der Waals surface area contributed by atoms with Gasteiger partial charge in [0.2, 0.25) is 0 Å². The molecule has 4 rings (SSSR count).